The zero-order valence-electron chi connectivity index (χ0n) is 9.76. The SMILES string of the molecule is CCCC(O)C(=O)c1ccc2cccnc2c1. The molecule has 1 heterocycles. The fourth-order valence-corrected chi connectivity index (χ4v) is 1.82. The minimum absolute atomic E-state index is 0.223. The Morgan fingerprint density at radius 2 is 2.24 bits per heavy atom. The number of ketones is 1. The lowest BCUT2D eigenvalue weighted by Crippen LogP contribution is -2.19. The van der Waals surface area contributed by atoms with Gasteiger partial charge < -0.3 is 5.11 Å². The average Bonchev–Trinajstić information content (AvgIpc) is 2.37. The molecule has 0 aliphatic carbocycles. The van der Waals surface area contributed by atoms with E-state index in [0.717, 1.165) is 17.3 Å². The van der Waals surface area contributed by atoms with Gasteiger partial charge in [-0.3, -0.25) is 9.78 Å². The maximum atomic E-state index is 11.9. The molecule has 1 aromatic heterocycles. The maximum absolute atomic E-state index is 11.9. The lowest BCUT2D eigenvalue weighted by molar-refractivity contribution is 0.0729. The van der Waals surface area contributed by atoms with E-state index in [9.17, 15) is 9.90 Å². The van der Waals surface area contributed by atoms with E-state index in [1.807, 2.05) is 25.1 Å². The van der Waals surface area contributed by atoms with Crippen LogP contribution in [0.1, 0.15) is 30.1 Å². The van der Waals surface area contributed by atoms with E-state index in [2.05, 4.69) is 4.98 Å². The number of rotatable bonds is 4. The molecule has 0 radical (unpaired) electrons. The maximum Gasteiger partial charge on any atom is 0.191 e. The van der Waals surface area contributed by atoms with Gasteiger partial charge in [0.1, 0.15) is 6.10 Å². The average molecular weight is 229 g/mol. The number of Topliss-reactive ketones (excluding diaryl/α,β-unsaturated/α-hetero) is 1. The number of carbonyl (C=O) groups excluding carboxylic acids is 1. The van der Waals surface area contributed by atoms with Gasteiger partial charge in [-0.1, -0.05) is 31.5 Å². The molecule has 2 aromatic rings. The van der Waals surface area contributed by atoms with E-state index in [-0.39, 0.29) is 5.78 Å². The first-order valence-corrected chi connectivity index (χ1v) is 5.79. The van der Waals surface area contributed by atoms with Crippen LogP contribution in [0.2, 0.25) is 0 Å². The molecule has 1 atom stereocenters. The number of fused-ring (bicyclic) bond motifs is 1. The standard InChI is InChI=1S/C14H15NO2/c1-2-4-13(16)14(17)11-7-6-10-5-3-8-15-12(10)9-11/h3,5-9,13,16H,2,4H2,1H3. The van der Waals surface area contributed by atoms with Crippen LogP contribution < -0.4 is 0 Å². The minimum Gasteiger partial charge on any atom is -0.385 e. The summed E-state index contributed by atoms with van der Waals surface area (Å²) in [6.07, 6.45) is 2.08. The first-order chi connectivity index (χ1) is 8.22. The van der Waals surface area contributed by atoms with E-state index >= 15 is 0 Å². The molecule has 0 aliphatic rings. The molecule has 3 nitrogen and oxygen atoms in total. The Hall–Kier alpha value is -1.74. The summed E-state index contributed by atoms with van der Waals surface area (Å²) in [5.74, 6) is -0.223. The van der Waals surface area contributed by atoms with E-state index in [0.29, 0.717) is 12.0 Å². The van der Waals surface area contributed by atoms with Crippen LogP contribution >= 0.6 is 0 Å². The summed E-state index contributed by atoms with van der Waals surface area (Å²) in [5.41, 5.74) is 1.30. The fourth-order valence-electron chi connectivity index (χ4n) is 1.82. The van der Waals surface area contributed by atoms with Crippen molar-refractivity contribution >= 4 is 16.7 Å². The lowest BCUT2D eigenvalue weighted by Gasteiger charge is -2.08. The number of aliphatic hydroxyl groups is 1. The van der Waals surface area contributed by atoms with E-state index in [1.54, 1.807) is 18.3 Å². The van der Waals surface area contributed by atoms with Crippen LogP contribution in [-0.2, 0) is 0 Å². The van der Waals surface area contributed by atoms with Crippen molar-refractivity contribution in [3.05, 3.63) is 42.1 Å². The molecule has 1 unspecified atom stereocenters. The van der Waals surface area contributed by atoms with E-state index < -0.39 is 6.10 Å². The molecule has 0 saturated carbocycles. The van der Waals surface area contributed by atoms with Gasteiger partial charge in [-0.2, -0.15) is 0 Å². The number of hydrogen-bond donors (Lipinski definition) is 1. The second-order valence-electron chi connectivity index (χ2n) is 4.08. The molecule has 0 saturated heterocycles. The van der Waals surface area contributed by atoms with E-state index in [4.69, 9.17) is 0 Å². The smallest absolute Gasteiger partial charge is 0.191 e. The molecular weight excluding hydrogens is 214 g/mol. The number of hydrogen-bond acceptors (Lipinski definition) is 3. The molecule has 0 aliphatic heterocycles. The number of aromatic nitrogens is 1. The van der Waals surface area contributed by atoms with Crippen LogP contribution in [0.3, 0.4) is 0 Å². The Balaban J connectivity index is 2.33. The highest BCUT2D eigenvalue weighted by atomic mass is 16.3. The van der Waals surface area contributed by atoms with Crippen molar-refractivity contribution < 1.29 is 9.90 Å². The van der Waals surface area contributed by atoms with Gasteiger partial charge in [0, 0.05) is 17.1 Å². The van der Waals surface area contributed by atoms with Crippen LogP contribution in [0.4, 0.5) is 0 Å². The largest absolute Gasteiger partial charge is 0.385 e. The molecule has 88 valence electrons. The molecule has 3 heteroatoms. The van der Waals surface area contributed by atoms with Gasteiger partial charge >= 0.3 is 0 Å². The Kier molecular flexibility index (Phi) is 3.49. The third kappa shape index (κ3) is 2.50. The summed E-state index contributed by atoms with van der Waals surface area (Å²) in [6, 6.07) is 9.13. The van der Waals surface area contributed by atoms with Crippen molar-refractivity contribution in [1.29, 1.82) is 0 Å². The van der Waals surface area contributed by atoms with Crippen molar-refractivity contribution in [2.45, 2.75) is 25.9 Å². The summed E-state index contributed by atoms with van der Waals surface area (Å²) in [7, 11) is 0. The zero-order valence-corrected chi connectivity index (χ0v) is 9.76. The monoisotopic (exact) mass is 229 g/mol. The Labute approximate surface area is 100 Å². The topological polar surface area (TPSA) is 50.2 Å². The van der Waals surface area contributed by atoms with Crippen LogP contribution in [0.15, 0.2) is 36.5 Å². The number of benzene rings is 1. The first-order valence-electron chi connectivity index (χ1n) is 5.79. The summed E-state index contributed by atoms with van der Waals surface area (Å²) in [5, 5.41) is 10.7. The minimum atomic E-state index is -0.902. The fraction of sp³-hybridized carbons (Fsp3) is 0.286. The lowest BCUT2D eigenvalue weighted by atomic mass is 10.0. The predicted octanol–water partition coefficient (Wildman–Crippen LogP) is 2.58. The number of aliphatic hydroxyl groups excluding tert-OH is 1. The van der Waals surface area contributed by atoms with E-state index in [1.165, 1.54) is 0 Å². The summed E-state index contributed by atoms with van der Waals surface area (Å²) in [6.45, 7) is 1.94. The van der Waals surface area contributed by atoms with Gasteiger partial charge in [-0.15, -0.1) is 0 Å². The Morgan fingerprint density at radius 1 is 1.41 bits per heavy atom. The highest BCUT2D eigenvalue weighted by Gasteiger charge is 2.16. The Morgan fingerprint density at radius 3 is 3.00 bits per heavy atom. The first kappa shape index (κ1) is 11.7. The zero-order chi connectivity index (χ0) is 12.3. The van der Waals surface area contributed by atoms with Gasteiger partial charge in [0.15, 0.2) is 5.78 Å². The van der Waals surface area contributed by atoms with Gasteiger partial charge in [-0.05, 0) is 18.6 Å². The van der Waals surface area contributed by atoms with Gasteiger partial charge in [0.2, 0.25) is 0 Å². The second kappa shape index (κ2) is 5.06. The van der Waals surface area contributed by atoms with Crippen LogP contribution in [-0.4, -0.2) is 22.0 Å². The van der Waals surface area contributed by atoms with Gasteiger partial charge in [0.05, 0.1) is 5.52 Å². The summed E-state index contributed by atoms with van der Waals surface area (Å²) in [4.78, 5) is 16.1. The van der Waals surface area contributed by atoms with Crippen molar-refractivity contribution in [2.75, 3.05) is 0 Å². The second-order valence-corrected chi connectivity index (χ2v) is 4.08. The van der Waals surface area contributed by atoms with Crippen LogP contribution in [0.5, 0.6) is 0 Å². The molecular formula is C14H15NO2. The molecule has 1 N–H and O–H groups in total. The van der Waals surface area contributed by atoms with Crippen molar-refractivity contribution in [3.63, 3.8) is 0 Å². The van der Waals surface area contributed by atoms with Crippen LogP contribution in [0, 0.1) is 0 Å². The Bertz CT molecular complexity index is 536. The highest BCUT2D eigenvalue weighted by molar-refractivity contribution is 6.01. The normalized spacial score (nSPS) is 12.6. The third-order valence-electron chi connectivity index (χ3n) is 2.76. The van der Waals surface area contributed by atoms with Crippen molar-refractivity contribution in [1.82, 2.24) is 4.98 Å². The summed E-state index contributed by atoms with van der Waals surface area (Å²) >= 11 is 0. The molecule has 1 aromatic carbocycles. The predicted molar refractivity (Wildman–Crippen MR) is 67.0 cm³/mol. The number of carbonyl (C=O) groups is 1. The van der Waals surface area contributed by atoms with Gasteiger partial charge in [0.25, 0.3) is 0 Å². The number of pyridine rings is 1. The third-order valence-corrected chi connectivity index (χ3v) is 2.76. The van der Waals surface area contributed by atoms with Gasteiger partial charge in [-0.25, -0.2) is 0 Å². The molecule has 0 spiro atoms. The molecule has 17 heavy (non-hydrogen) atoms. The summed E-state index contributed by atoms with van der Waals surface area (Å²) < 4.78 is 0. The quantitative estimate of drug-likeness (QED) is 0.820. The molecule has 2 rings (SSSR count). The highest BCUT2D eigenvalue weighted by Crippen LogP contribution is 2.15. The van der Waals surface area contributed by atoms with Crippen LogP contribution in [0.25, 0.3) is 10.9 Å². The molecule has 0 bridgehead atoms. The van der Waals surface area contributed by atoms with Crippen molar-refractivity contribution in [2.24, 2.45) is 0 Å². The van der Waals surface area contributed by atoms with Crippen molar-refractivity contribution in [3.8, 4) is 0 Å². The number of nitrogens with zero attached hydrogens (tertiary/aromatic N) is 1. The molecule has 0 amide bonds. The molecule has 0 fully saturated rings.